The Labute approximate surface area is 177 Å². The molecule has 0 unspecified atom stereocenters. The van der Waals surface area contributed by atoms with Crippen LogP contribution in [0.25, 0.3) is 5.69 Å². The summed E-state index contributed by atoms with van der Waals surface area (Å²) >= 11 is 0. The lowest BCUT2D eigenvalue weighted by atomic mass is 9.92. The maximum atomic E-state index is 2.43. The quantitative estimate of drug-likeness (QED) is 0.435. The molecule has 0 aliphatic heterocycles. The highest BCUT2D eigenvalue weighted by atomic mass is 15.1. The summed E-state index contributed by atoms with van der Waals surface area (Å²) in [5, 5.41) is 0. The van der Waals surface area contributed by atoms with Crippen molar-refractivity contribution in [2.75, 3.05) is 0 Å². The smallest absolute Gasteiger partial charge is 0.229 e. The Morgan fingerprint density at radius 2 is 1.34 bits per heavy atom. The fraction of sp³-hybridized carbons (Fsp3) is 0.444. The number of nitrogens with zero attached hydrogens (tertiary/aromatic N) is 2. The normalized spacial score (nSPS) is 11.7. The summed E-state index contributed by atoms with van der Waals surface area (Å²) < 4.78 is 4.85. The van der Waals surface area contributed by atoms with Gasteiger partial charge in [-0.25, -0.2) is 4.57 Å². The van der Waals surface area contributed by atoms with Gasteiger partial charge in [-0.1, -0.05) is 63.6 Å². The Kier molecular flexibility index (Phi) is 6.03. The summed E-state index contributed by atoms with van der Waals surface area (Å²) in [6, 6.07) is 11.4. The minimum Gasteiger partial charge on any atom is -0.229 e. The second kappa shape index (κ2) is 8.18. The van der Waals surface area contributed by atoms with Crippen molar-refractivity contribution in [1.82, 2.24) is 4.57 Å². The highest BCUT2D eigenvalue weighted by Gasteiger charge is 2.25. The van der Waals surface area contributed by atoms with Gasteiger partial charge in [0.2, 0.25) is 6.33 Å². The van der Waals surface area contributed by atoms with Gasteiger partial charge in [-0.15, -0.1) is 0 Å². The van der Waals surface area contributed by atoms with E-state index in [2.05, 4.69) is 108 Å². The number of imidazole rings is 1. The molecular formula is C27H37N2+. The minimum absolute atomic E-state index is 0.487. The van der Waals surface area contributed by atoms with Gasteiger partial charge in [-0.3, -0.25) is 0 Å². The number of hydrogen-bond acceptors (Lipinski definition) is 0. The highest BCUT2D eigenvalue weighted by Crippen LogP contribution is 2.32. The zero-order chi connectivity index (χ0) is 21.5. The zero-order valence-corrected chi connectivity index (χ0v) is 19.7. The number of aromatic nitrogens is 2. The summed E-state index contributed by atoms with van der Waals surface area (Å²) in [5.74, 6) is 0.974. The maximum Gasteiger partial charge on any atom is 0.249 e. The first-order valence-electron chi connectivity index (χ1n) is 10.9. The Balaban J connectivity index is 2.17. The predicted molar refractivity (Wildman–Crippen MR) is 123 cm³/mol. The van der Waals surface area contributed by atoms with E-state index >= 15 is 0 Å². The van der Waals surface area contributed by atoms with Crippen molar-refractivity contribution in [1.29, 1.82) is 0 Å². The molecule has 0 saturated carbocycles. The first kappa shape index (κ1) is 21.4. The fourth-order valence-electron chi connectivity index (χ4n) is 4.50. The summed E-state index contributed by atoms with van der Waals surface area (Å²) in [6.45, 7) is 21.2. The molecule has 0 spiro atoms. The molecule has 0 N–H and O–H groups in total. The van der Waals surface area contributed by atoms with Crippen LogP contribution in [0.15, 0.2) is 36.7 Å². The van der Waals surface area contributed by atoms with Crippen LogP contribution in [0.4, 0.5) is 0 Å². The van der Waals surface area contributed by atoms with E-state index in [1.807, 2.05) is 0 Å². The molecule has 2 nitrogen and oxygen atoms in total. The lowest BCUT2D eigenvalue weighted by Crippen LogP contribution is -2.36. The van der Waals surface area contributed by atoms with E-state index in [0.29, 0.717) is 11.8 Å². The molecule has 154 valence electrons. The number of aryl methyl sites for hydroxylation is 3. The molecule has 2 aromatic carbocycles. The molecule has 1 aromatic heterocycles. The number of rotatable bonds is 5. The average Bonchev–Trinajstić information content (AvgIpc) is 2.92. The lowest BCUT2D eigenvalue weighted by molar-refractivity contribution is -0.693. The van der Waals surface area contributed by atoms with Crippen LogP contribution in [0.3, 0.4) is 0 Å². The third-order valence-electron chi connectivity index (χ3n) is 6.32. The number of para-hydroxylation sites is 1. The fourth-order valence-corrected chi connectivity index (χ4v) is 4.50. The van der Waals surface area contributed by atoms with Crippen LogP contribution in [-0.4, -0.2) is 4.57 Å². The first-order valence-corrected chi connectivity index (χ1v) is 10.9. The Bertz CT molecular complexity index is 986. The molecule has 1 heterocycles. The van der Waals surface area contributed by atoms with Gasteiger partial charge in [0, 0.05) is 25.0 Å². The highest BCUT2D eigenvalue weighted by molar-refractivity contribution is 5.52. The van der Waals surface area contributed by atoms with Crippen molar-refractivity contribution in [3.8, 4) is 5.69 Å². The van der Waals surface area contributed by atoms with Crippen molar-refractivity contribution >= 4 is 0 Å². The lowest BCUT2D eigenvalue weighted by Gasteiger charge is -2.17. The van der Waals surface area contributed by atoms with Crippen LogP contribution in [0.1, 0.15) is 84.3 Å². The van der Waals surface area contributed by atoms with Gasteiger partial charge in [-0.05, 0) is 49.3 Å². The Hall–Kier alpha value is -2.35. The van der Waals surface area contributed by atoms with Gasteiger partial charge in [-0.2, -0.15) is 4.57 Å². The maximum absolute atomic E-state index is 2.43. The van der Waals surface area contributed by atoms with Gasteiger partial charge in [0.1, 0.15) is 23.6 Å². The molecule has 0 saturated heterocycles. The van der Waals surface area contributed by atoms with E-state index < -0.39 is 0 Å². The molecular weight excluding hydrogens is 352 g/mol. The second-order valence-corrected chi connectivity index (χ2v) is 9.26. The van der Waals surface area contributed by atoms with Crippen LogP contribution in [0, 0.1) is 34.6 Å². The van der Waals surface area contributed by atoms with E-state index in [9.17, 15) is 0 Å². The van der Waals surface area contributed by atoms with E-state index in [0.717, 1.165) is 6.54 Å². The molecule has 3 aromatic rings. The van der Waals surface area contributed by atoms with Gasteiger partial charge < -0.3 is 0 Å². The summed E-state index contributed by atoms with van der Waals surface area (Å²) in [4.78, 5) is 0. The average molecular weight is 390 g/mol. The third kappa shape index (κ3) is 4.03. The van der Waals surface area contributed by atoms with E-state index in [-0.39, 0.29) is 0 Å². The van der Waals surface area contributed by atoms with E-state index in [1.165, 1.54) is 50.5 Å². The van der Waals surface area contributed by atoms with Crippen molar-refractivity contribution in [3.05, 3.63) is 81.4 Å². The zero-order valence-electron chi connectivity index (χ0n) is 19.7. The van der Waals surface area contributed by atoms with E-state index in [4.69, 9.17) is 0 Å². The molecule has 0 atom stereocenters. The van der Waals surface area contributed by atoms with Gasteiger partial charge in [0.15, 0.2) is 0 Å². The topological polar surface area (TPSA) is 8.81 Å². The Morgan fingerprint density at radius 1 is 0.828 bits per heavy atom. The first-order chi connectivity index (χ1) is 13.6. The molecule has 29 heavy (non-hydrogen) atoms. The van der Waals surface area contributed by atoms with Crippen molar-refractivity contribution < 1.29 is 4.57 Å². The van der Waals surface area contributed by atoms with Crippen LogP contribution < -0.4 is 4.57 Å². The molecule has 2 heteroatoms. The number of hydrogen-bond donors (Lipinski definition) is 0. The van der Waals surface area contributed by atoms with Crippen LogP contribution in [0.2, 0.25) is 0 Å². The second-order valence-electron chi connectivity index (χ2n) is 9.26. The van der Waals surface area contributed by atoms with Crippen molar-refractivity contribution in [2.45, 2.75) is 80.7 Å². The Morgan fingerprint density at radius 3 is 1.83 bits per heavy atom. The van der Waals surface area contributed by atoms with E-state index in [1.54, 1.807) is 0 Å². The predicted octanol–water partition coefficient (Wildman–Crippen LogP) is 6.60. The monoisotopic (exact) mass is 389 g/mol. The molecule has 0 bridgehead atoms. The van der Waals surface area contributed by atoms with Crippen molar-refractivity contribution in [2.24, 2.45) is 0 Å². The van der Waals surface area contributed by atoms with Gasteiger partial charge in [0.25, 0.3) is 0 Å². The van der Waals surface area contributed by atoms with Gasteiger partial charge >= 0.3 is 0 Å². The molecule has 0 amide bonds. The summed E-state index contributed by atoms with van der Waals surface area (Å²) in [7, 11) is 0. The van der Waals surface area contributed by atoms with Crippen LogP contribution in [-0.2, 0) is 6.54 Å². The van der Waals surface area contributed by atoms with Crippen LogP contribution in [0.5, 0.6) is 0 Å². The molecule has 0 fully saturated rings. The van der Waals surface area contributed by atoms with Crippen molar-refractivity contribution in [3.63, 3.8) is 0 Å². The molecule has 3 rings (SSSR count). The number of benzene rings is 2. The molecule has 0 aliphatic rings. The minimum atomic E-state index is 0.487. The summed E-state index contributed by atoms with van der Waals surface area (Å²) in [5.41, 5.74) is 12.4. The largest absolute Gasteiger partial charge is 0.249 e. The SMILES string of the molecule is Cc1cc(C)c(C[n+]2cn(-c3c(C(C)C)cccc3C(C)C)c(C)c2C)c(C)c1. The molecule has 0 radical (unpaired) electrons. The van der Waals surface area contributed by atoms with Gasteiger partial charge in [0.05, 0.1) is 0 Å². The third-order valence-corrected chi connectivity index (χ3v) is 6.32. The summed E-state index contributed by atoms with van der Waals surface area (Å²) in [6.07, 6.45) is 2.32. The van der Waals surface area contributed by atoms with Crippen LogP contribution >= 0.6 is 0 Å². The molecule has 0 aliphatic carbocycles. The standard InChI is InChI=1S/C27H37N2/c1-17(2)24-11-10-12-25(18(3)4)27(24)29-16-28(22(8)23(29)9)15-26-20(6)13-19(5)14-21(26)7/h10-14,16-18H,15H2,1-9H3/q+1.